The van der Waals surface area contributed by atoms with Crippen LogP contribution in [0.15, 0.2) is 29.3 Å². The fraction of sp³-hybridized carbons (Fsp3) is 0.480. The lowest BCUT2D eigenvalue weighted by Gasteiger charge is -2.40. The van der Waals surface area contributed by atoms with Crippen molar-refractivity contribution in [2.45, 2.75) is 30.5 Å². The number of carbonyl (C=O) groups excluding carboxylic acids is 2. The SMILES string of the molecule is CN1CCc2nc(C(=O)N3CCN(S(=O)(=O)c4cc5cc(Cl)ccc5[nH]4)CC3CCN3CCOC3=O)sc2C1. The first-order chi connectivity index (χ1) is 18.7. The van der Waals surface area contributed by atoms with Crippen LogP contribution in [0.1, 0.15) is 26.8 Å². The van der Waals surface area contributed by atoms with Gasteiger partial charge in [0.25, 0.3) is 15.9 Å². The van der Waals surface area contributed by atoms with Crippen molar-refractivity contribution in [1.29, 1.82) is 0 Å². The smallest absolute Gasteiger partial charge is 0.409 e. The number of fused-ring (bicyclic) bond motifs is 2. The van der Waals surface area contributed by atoms with Crippen molar-refractivity contribution in [3.8, 4) is 0 Å². The molecule has 2 fully saturated rings. The average molecular weight is 593 g/mol. The first kappa shape index (κ1) is 26.5. The molecular weight excluding hydrogens is 564 g/mol. The van der Waals surface area contributed by atoms with Crippen molar-refractivity contribution >= 4 is 55.9 Å². The number of rotatable bonds is 6. The molecule has 2 amide bonds. The van der Waals surface area contributed by atoms with Gasteiger partial charge in [0.1, 0.15) is 11.6 Å². The number of likely N-dealkylation sites (N-methyl/N-ethyl adjacent to an activating group) is 1. The number of halogens is 1. The maximum atomic E-state index is 13.7. The zero-order chi connectivity index (χ0) is 27.3. The molecule has 5 heterocycles. The predicted molar refractivity (Wildman–Crippen MR) is 147 cm³/mol. The molecule has 0 bridgehead atoms. The highest BCUT2D eigenvalue weighted by atomic mass is 35.5. The number of benzene rings is 1. The zero-order valence-electron chi connectivity index (χ0n) is 21.4. The summed E-state index contributed by atoms with van der Waals surface area (Å²) in [4.78, 5) is 40.0. The Bertz CT molecular complexity index is 1540. The van der Waals surface area contributed by atoms with E-state index in [1.165, 1.54) is 15.6 Å². The number of amides is 2. The molecule has 3 aliphatic rings. The Morgan fingerprint density at radius 1 is 1.23 bits per heavy atom. The molecular formula is C25H29ClN6O5S2. The van der Waals surface area contributed by atoms with Crippen LogP contribution in [0.5, 0.6) is 0 Å². The van der Waals surface area contributed by atoms with Gasteiger partial charge in [-0.1, -0.05) is 11.6 Å². The number of hydrogen-bond acceptors (Lipinski definition) is 8. The van der Waals surface area contributed by atoms with Gasteiger partial charge in [-0.15, -0.1) is 11.3 Å². The van der Waals surface area contributed by atoms with E-state index in [2.05, 4.69) is 14.9 Å². The number of thiazole rings is 1. The number of carbonyl (C=O) groups is 2. The van der Waals surface area contributed by atoms with Gasteiger partial charge < -0.3 is 24.4 Å². The summed E-state index contributed by atoms with van der Waals surface area (Å²) in [5, 5.41) is 1.74. The van der Waals surface area contributed by atoms with Gasteiger partial charge in [-0.2, -0.15) is 4.31 Å². The minimum Gasteiger partial charge on any atom is -0.448 e. The van der Waals surface area contributed by atoms with Crippen LogP contribution in [-0.4, -0.2) is 108 Å². The molecule has 11 nitrogen and oxygen atoms in total. The number of piperazine rings is 1. The largest absolute Gasteiger partial charge is 0.448 e. The Kier molecular flexibility index (Phi) is 7.04. The molecule has 3 aliphatic heterocycles. The summed E-state index contributed by atoms with van der Waals surface area (Å²) in [7, 11) is -1.82. The second kappa shape index (κ2) is 10.4. The molecule has 0 spiro atoms. The summed E-state index contributed by atoms with van der Waals surface area (Å²) in [6.45, 7) is 3.33. The molecule has 0 aliphatic carbocycles. The van der Waals surface area contributed by atoms with Crippen molar-refractivity contribution in [2.24, 2.45) is 0 Å². The summed E-state index contributed by atoms with van der Waals surface area (Å²) in [5.74, 6) is -0.191. The van der Waals surface area contributed by atoms with Crippen LogP contribution in [-0.2, 0) is 27.7 Å². The molecule has 14 heteroatoms. The molecule has 0 saturated carbocycles. The van der Waals surface area contributed by atoms with Crippen molar-refractivity contribution in [3.63, 3.8) is 0 Å². The van der Waals surface area contributed by atoms with Crippen molar-refractivity contribution in [3.05, 3.63) is 44.9 Å². The molecule has 1 N–H and O–H groups in total. The number of sulfonamides is 1. The first-order valence-corrected chi connectivity index (χ1v) is 15.5. The van der Waals surface area contributed by atoms with Crippen molar-refractivity contribution in [2.75, 3.05) is 52.9 Å². The monoisotopic (exact) mass is 592 g/mol. The van der Waals surface area contributed by atoms with E-state index in [-0.39, 0.29) is 36.7 Å². The Balaban J connectivity index is 1.25. The maximum absolute atomic E-state index is 13.7. The van der Waals surface area contributed by atoms with Crippen molar-refractivity contribution in [1.82, 2.24) is 29.0 Å². The van der Waals surface area contributed by atoms with Crippen LogP contribution >= 0.6 is 22.9 Å². The first-order valence-electron chi connectivity index (χ1n) is 12.9. The van der Waals surface area contributed by atoms with Crippen LogP contribution in [0.25, 0.3) is 10.9 Å². The minimum atomic E-state index is -3.87. The predicted octanol–water partition coefficient (Wildman–Crippen LogP) is 2.62. The molecule has 6 rings (SSSR count). The maximum Gasteiger partial charge on any atom is 0.409 e. The van der Waals surface area contributed by atoms with Crippen LogP contribution < -0.4 is 0 Å². The number of nitrogens with zero attached hydrogens (tertiary/aromatic N) is 5. The van der Waals surface area contributed by atoms with E-state index in [0.29, 0.717) is 47.1 Å². The van der Waals surface area contributed by atoms with Crippen LogP contribution in [0.4, 0.5) is 4.79 Å². The highest BCUT2D eigenvalue weighted by Crippen LogP contribution is 2.29. The van der Waals surface area contributed by atoms with Gasteiger partial charge in [-0.25, -0.2) is 18.2 Å². The fourth-order valence-electron chi connectivity index (χ4n) is 5.39. The third-order valence-corrected chi connectivity index (χ3v) is 10.7. The molecule has 1 unspecified atom stereocenters. The average Bonchev–Trinajstić information content (AvgIpc) is 3.64. The quantitative estimate of drug-likeness (QED) is 0.467. The summed E-state index contributed by atoms with van der Waals surface area (Å²) < 4.78 is 33.8. The molecule has 2 saturated heterocycles. The van der Waals surface area contributed by atoms with Gasteiger partial charge in [-0.05, 0) is 37.7 Å². The summed E-state index contributed by atoms with van der Waals surface area (Å²) in [6.07, 6.45) is 0.836. The van der Waals surface area contributed by atoms with E-state index in [9.17, 15) is 18.0 Å². The normalized spacial score (nSPS) is 21.0. The summed E-state index contributed by atoms with van der Waals surface area (Å²) in [5.41, 5.74) is 1.65. The highest BCUT2D eigenvalue weighted by molar-refractivity contribution is 7.89. The second-order valence-corrected chi connectivity index (χ2v) is 13.6. The lowest BCUT2D eigenvalue weighted by atomic mass is 10.1. The molecule has 39 heavy (non-hydrogen) atoms. The minimum absolute atomic E-state index is 0.0816. The lowest BCUT2D eigenvalue weighted by molar-refractivity contribution is 0.0538. The standard InChI is InChI=1S/C25H29ClN6O5S2/c1-29-6-5-20-21(15-29)38-23(28-20)24(33)32-9-8-31(14-18(32)4-7-30-10-11-37-25(30)34)39(35,36)22-13-16-12-17(26)2-3-19(16)27-22/h2-3,12-13,18,27H,4-11,14-15H2,1H3. The Morgan fingerprint density at radius 3 is 2.87 bits per heavy atom. The number of hydrogen-bond donors (Lipinski definition) is 1. The summed E-state index contributed by atoms with van der Waals surface area (Å²) in [6, 6.07) is 6.31. The molecule has 208 valence electrons. The fourth-order valence-corrected chi connectivity index (χ4v) is 8.19. The van der Waals surface area contributed by atoms with Crippen LogP contribution in [0, 0.1) is 0 Å². The van der Waals surface area contributed by atoms with Gasteiger partial charge in [0, 0.05) is 72.5 Å². The number of aromatic nitrogens is 2. The molecule has 0 radical (unpaired) electrons. The van der Waals surface area contributed by atoms with E-state index >= 15 is 0 Å². The zero-order valence-corrected chi connectivity index (χ0v) is 23.8. The van der Waals surface area contributed by atoms with Crippen LogP contribution in [0.2, 0.25) is 5.02 Å². The number of H-pyrrole nitrogens is 1. The van der Waals surface area contributed by atoms with Crippen LogP contribution in [0.3, 0.4) is 0 Å². The number of aromatic amines is 1. The van der Waals surface area contributed by atoms with E-state index in [0.717, 1.165) is 30.1 Å². The highest BCUT2D eigenvalue weighted by Gasteiger charge is 2.39. The Labute approximate surface area is 235 Å². The summed E-state index contributed by atoms with van der Waals surface area (Å²) >= 11 is 7.51. The van der Waals surface area contributed by atoms with Gasteiger partial charge in [0.05, 0.1) is 12.2 Å². The molecule has 3 aromatic rings. The van der Waals surface area contributed by atoms with Gasteiger partial charge in [0.2, 0.25) is 0 Å². The molecule has 1 aromatic carbocycles. The van der Waals surface area contributed by atoms with E-state index in [4.69, 9.17) is 16.3 Å². The van der Waals surface area contributed by atoms with Gasteiger partial charge in [0.15, 0.2) is 5.01 Å². The third-order valence-electron chi connectivity index (χ3n) is 7.56. The Morgan fingerprint density at radius 2 is 2.08 bits per heavy atom. The molecule has 2 aromatic heterocycles. The lowest BCUT2D eigenvalue weighted by Crippen LogP contribution is -2.57. The topological polar surface area (TPSA) is 119 Å². The van der Waals surface area contributed by atoms with Gasteiger partial charge in [-0.3, -0.25) is 4.79 Å². The van der Waals surface area contributed by atoms with E-state index < -0.39 is 16.1 Å². The van der Waals surface area contributed by atoms with E-state index in [1.807, 2.05) is 7.05 Å². The Hall–Kier alpha value is -2.71. The van der Waals surface area contributed by atoms with E-state index in [1.54, 1.807) is 34.1 Å². The number of ether oxygens (including phenoxy) is 1. The number of cyclic esters (lactones) is 1. The number of nitrogens with one attached hydrogen (secondary N) is 1. The van der Waals surface area contributed by atoms with Gasteiger partial charge >= 0.3 is 6.09 Å². The van der Waals surface area contributed by atoms with Crippen molar-refractivity contribution < 1.29 is 22.7 Å². The molecule has 1 atom stereocenters. The second-order valence-electron chi connectivity index (χ2n) is 10.1. The third kappa shape index (κ3) is 5.13.